The van der Waals surface area contributed by atoms with Gasteiger partial charge in [0.25, 0.3) is 0 Å². The highest BCUT2D eigenvalue weighted by molar-refractivity contribution is 5.80. The number of carboxylic acids is 1. The first kappa shape index (κ1) is 85.9. The number of aldehydes is 1. The van der Waals surface area contributed by atoms with Gasteiger partial charge in [0.2, 0.25) is 6.29 Å². The quantitative estimate of drug-likeness (QED) is 0.0247. The molecule has 43 unspecified atom stereocenters. The molecule has 0 spiro atoms. The second-order valence-electron chi connectivity index (χ2n) is 34.2. The molecule has 19 N–H and O–H groups in total. The van der Waals surface area contributed by atoms with E-state index in [4.69, 9.17) is 71.1 Å². The van der Waals surface area contributed by atoms with Crippen LogP contribution in [-0.2, 0) is 90.2 Å². The number of carboxylic acid groups (broad SMARTS) is 1. The summed E-state index contributed by atoms with van der Waals surface area (Å²) in [4.78, 5) is 56.7. The molecule has 0 bridgehead atoms. The van der Waals surface area contributed by atoms with Crippen molar-refractivity contribution in [3.8, 4) is 0 Å². The smallest absolute Gasteiger partial charge is 0.335 e. The van der Waals surface area contributed by atoms with E-state index in [0.29, 0.717) is 38.5 Å². The molecule has 0 aromatic rings. The third-order valence-electron chi connectivity index (χ3n) is 27.1. The van der Waals surface area contributed by atoms with Gasteiger partial charge in [-0.3, -0.25) is 9.59 Å². The molecule has 7 heterocycles. The third kappa shape index (κ3) is 14.9. The second-order valence-corrected chi connectivity index (χ2v) is 34.2. The zero-order chi connectivity index (χ0) is 80.5. The van der Waals surface area contributed by atoms with Gasteiger partial charge in [-0.1, -0.05) is 53.2 Å². The van der Waals surface area contributed by atoms with Gasteiger partial charge in [-0.25, -0.2) is 4.79 Å². The lowest BCUT2D eigenvalue weighted by molar-refractivity contribution is -0.392. The molecule has 12 rings (SSSR count). The van der Waals surface area contributed by atoms with Gasteiger partial charge >= 0.3 is 17.9 Å². The Morgan fingerprint density at radius 2 is 0.991 bits per heavy atom. The van der Waals surface area contributed by atoms with Crippen LogP contribution in [0.15, 0.2) is 11.6 Å². The Bertz CT molecular complexity index is 3260. The molecule has 0 radical (unpaired) electrons. The molecule has 12 aliphatic rings. The zero-order valence-electron chi connectivity index (χ0n) is 62.5. The fraction of sp³-hybridized carbons (Fsp3) is 0.917. The summed E-state index contributed by atoms with van der Waals surface area (Å²) in [6.45, 7) is 13.0. The maximum atomic E-state index is 16.3. The van der Waals surface area contributed by atoms with Crippen LogP contribution in [0.3, 0.4) is 0 Å². The average molecular weight is 1590 g/mol. The van der Waals surface area contributed by atoms with Gasteiger partial charge < -0.3 is 173 Å². The highest BCUT2D eigenvalue weighted by Crippen LogP contribution is 2.76. The minimum atomic E-state index is -2.24. The number of aliphatic hydroxyl groups excluding tert-OH is 18. The molecule has 110 heavy (non-hydrogen) atoms. The van der Waals surface area contributed by atoms with Gasteiger partial charge in [-0.05, 0) is 111 Å². The number of hydrogen-bond donors (Lipinski definition) is 19. The predicted octanol–water partition coefficient (Wildman–Crippen LogP) is -6.42. The first-order chi connectivity index (χ1) is 51.6. The van der Waals surface area contributed by atoms with Crippen molar-refractivity contribution in [1.29, 1.82) is 0 Å². The molecule has 11 fully saturated rings. The van der Waals surface area contributed by atoms with Crippen LogP contribution in [0.25, 0.3) is 0 Å². The highest BCUT2D eigenvalue weighted by Gasteiger charge is 2.73. The largest absolute Gasteiger partial charge is 0.479 e. The molecular formula is C72H112O38. The highest BCUT2D eigenvalue weighted by atomic mass is 16.8. The van der Waals surface area contributed by atoms with Crippen LogP contribution in [0.2, 0.25) is 0 Å². The minimum absolute atomic E-state index is 0.0325. The standard InChI is InChI=1S/C72H112O38/c1-25-51(104-59-45(87)38(80)30(77)22-96-59)44(86)49(91)61(98-25)109-57-55(107-62-47(89)42(84)40(82)32(20-73)101-62)52(100-27(3)76)26(2)99-64(57)110-66(95)72-17-16-67(4,5)18-29(72)28-10-11-35-68(6)14-13-37(69(7,24-75)34(68)12-15-70(35,8)71(28,9)19-36(72)79)103-65-56(108-63-48(90)43(85)41(83)33(21-74)102-63)53(50(92)54(106-65)58(93)94)105-60-46(88)39(81)31(78)23-97-60/h10,24-26,29-57,59-65,73-74,77-92H,11-23H2,1-9H3,(H,93,94). The number of carbonyl (C=O) groups is 4. The SMILES string of the molecule is CC(=O)OC1C(C)OC(OC(=O)C23CCC(C)(C)CC2C2=CCC4C5(C)CCC(OC6OC(C(=O)O)C(O)C(OC7OCC(O)C(O)C7O)C6OC6OC(CO)C(O)C(O)C6O)C(C)(C=O)C5CCC4(C)C2(C)CC3O)C(OC2OC(C)C(OC3OCC(O)C(O)C3O)C(O)C2O)C1OC1OC(CO)C(O)C(O)C1O. The summed E-state index contributed by atoms with van der Waals surface area (Å²) in [5.74, 6) is -5.27. The lowest BCUT2D eigenvalue weighted by atomic mass is 9.33. The van der Waals surface area contributed by atoms with Crippen molar-refractivity contribution in [2.24, 2.45) is 50.2 Å². The number of esters is 2. The van der Waals surface area contributed by atoms with Crippen LogP contribution >= 0.6 is 0 Å². The fourth-order valence-electron chi connectivity index (χ4n) is 20.6. The molecule has 5 aliphatic carbocycles. The summed E-state index contributed by atoms with van der Waals surface area (Å²) < 4.78 is 91.4. The Morgan fingerprint density at radius 3 is 1.54 bits per heavy atom. The van der Waals surface area contributed by atoms with E-state index in [1.54, 1.807) is 6.92 Å². The fourth-order valence-corrected chi connectivity index (χ4v) is 20.6. The Morgan fingerprint density at radius 1 is 0.491 bits per heavy atom. The van der Waals surface area contributed by atoms with E-state index >= 15 is 4.79 Å². The maximum Gasteiger partial charge on any atom is 0.335 e. The summed E-state index contributed by atoms with van der Waals surface area (Å²) >= 11 is 0. The first-order valence-corrected chi connectivity index (χ1v) is 37.9. The van der Waals surface area contributed by atoms with Gasteiger partial charge in [-0.2, -0.15) is 0 Å². The van der Waals surface area contributed by atoms with Gasteiger partial charge in [0.05, 0.1) is 56.3 Å². The summed E-state index contributed by atoms with van der Waals surface area (Å²) in [5.41, 5.74) is -5.31. The molecule has 38 heteroatoms. The number of fused-ring (bicyclic) bond motifs is 7. The van der Waals surface area contributed by atoms with Crippen LogP contribution in [-0.4, -0.2) is 363 Å². The minimum Gasteiger partial charge on any atom is -0.479 e. The molecule has 7 aliphatic heterocycles. The first-order valence-electron chi connectivity index (χ1n) is 37.9. The van der Waals surface area contributed by atoms with Crippen molar-refractivity contribution in [2.75, 3.05) is 26.4 Å². The van der Waals surface area contributed by atoms with E-state index < -0.39 is 304 Å². The van der Waals surface area contributed by atoms with Crippen molar-refractivity contribution < 1.29 is 187 Å². The van der Waals surface area contributed by atoms with Gasteiger partial charge in [0.15, 0.2) is 56.1 Å². The molecule has 0 aromatic carbocycles. The van der Waals surface area contributed by atoms with E-state index in [1.165, 1.54) is 13.8 Å². The lowest BCUT2D eigenvalue weighted by Gasteiger charge is -2.71. The van der Waals surface area contributed by atoms with Crippen molar-refractivity contribution in [3.05, 3.63) is 11.6 Å². The molecule has 43 atom stereocenters. The molecular weight excluding hydrogens is 1470 g/mol. The average Bonchev–Trinajstić information content (AvgIpc) is 0.669. The van der Waals surface area contributed by atoms with E-state index in [0.717, 1.165) is 18.8 Å². The van der Waals surface area contributed by atoms with E-state index in [-0.39, 0.29) is 25.2 Å². The van der Waals surface area contributed by atoms with Crippen LogP contribution in [0, 0.1) is 50.2 Å². The number of ether oxygens (including phenoxy) is 15. The molecule has 38 nitrogen and oxygen atoms in total. The Balaban J connectivity index is 0.851. The Kier molecular flexibility index (Phi) is 25.4. The number of rotatable bonds is 19. The van der Waals surface area contributed by atoms with E-state index in [1.807, 2.05) is 13.8 Å². The summed E-state index contributed by atoms with van der Waals surface area (Å²) in [6.07, 6.45) is -59.1. The van der Waals surface area contributed by atoms with E-state index in [2.05, 4.69) is 26.8 Å². The Labute approximate surface area is 632 Å². The number of carbonyl (C=O) groups excluding carboxylic acids is 3. The summed E-state index contributed by atoms with van der Waals surface area (Å²) in [6, 6.07) is 0. The topological polar surface area (TPSA) is 591 Å². The van der Waals surface area contributed by atoms with Gasteiger partial charge in [-0.15, -0.1) is 0 Å². The van der Waals surface area contributed by atoms with E-state index in [9.17, 15) is 111 Å². The number of hydrogen-bond acceptors (Lipinski definition) is 37. The number of allylic oxidation sites excluding steroid dienone is 2. The van der Waals surface area contributed by atoms with Gasteiger partial charge in [0.1, 0.15) is 140 Å². The van der Waals surface area contributed by atoms with Crippen molar-refractivity contribution in [2.45, 2.75) is 335 Å². The summed E-state index contributed by atoms with van der Waals surface area (Å²) in [7, 11) is 0. The molecule has 7 saturated heterocycles. The van der Waals surface area contributed by atoms with Crippen LogP contribution in [0.1, 0.15) is 120 Å². The third-order valence-corrected chi connectivity index (χ3v) is 27.1. The Hall–Kier alpha value is -3.42. The van der Waals surface area contributed by atoms with Crippen LogP contribution < -0.4 is 0 Å². The second kappa shape index (κ2) is 32.5. The van der Waals surface area contributed by atoms with Crippen LogP contribution in [0.5, 0.6) is 0 Å². The monoisotopic (exact) mass is 1580 g/mol. The van der Waals surface area contributed by atoms with Crippen molar-refractivity contribution >= 4 is 24.2 Å². The van der Waals surface area contributed by atoms with Crippen LogP contribution in [0.4, 0.5) is 0 Å². The number of aliphatic carboxylic acids is 1. The summed E-state index contributed by atoms with van der Waals surface area (Å²) in [5, 5.41) is 209. The maximum absolute atomic E-state index is 16.3. The lowest BCUT2D eigenvalue weighted by Crippen LogP contribution is -2.70. The van der Waals surface area contributed by atoms with Crippen molar-refractivity contribution in [3.63, 3.8) is 0 Å². The predicted molar refractivity (Wildman–Crippen MR) is 358 cm³/mol. The number of aliphatic hydroxyl groups is 18. The molecule has 628 valence electrons. The molecule has 0 amide bonds. The molecule has 4 saturated carbocycles. The normalized spacial score (nSPS) is 53.7. The molecule has 0 aromatic heterocycles. The van der Waals surface area contributed by atoms with Gasteiger partial charge in [0, 0.05) is 6.92 Å². The zero-order valence-corrected chi connectivity index (χ0v) is 62.5. The van der Waals surface area contributed by atoms with Crippen molar-refractivity contribution in [1.82, 2.24) is 0 Å².